The largest absolute Gasteiger partial charge is 0.341 e. The zero-order chi connectivity index (χ0) is 17.7. The molecule has 146 valence electrons. The number of nitrogens with two attached hydrogens (primary N) is 1. The van der Waals surface area contributed by atoms with Crippen molar-refractivity contribution in [3.8, 4) is 0 Å². The van der Waals surface area contributed by atoms with E-state index in [0.717, 1.165) is 25.7 Å². The van der Waals surface area contributed by atoms with Crippen LogP contribution >= 0.6 is 12.4 Å². The van der Waals surface area contributed by atoms with Crippen LogP contribution in [0, 0.1) is 5.41 Å². The van der Waals surface area contributed by atoms with Gasteiger partial charge in [0.25, 0.3) is 0 Å². The number of piperidine rings is 1. The number of hydrogen-bond donors (Lipinski definition) is 3. The number of nitrogens with zero attached hydrogens (tertiary/aromatic N) is 1. The third-order valence-corrected chi connectivity index (χ3v) is 5.28. The summed E-state index contributed by atoms with van der Waals surface area (Å²) < 4.78 is 0. The highest BCUT2D eigenvalue weighted by Crippen LogP contribution is 2.21. The van der Waals surface area contributed by atoms with E-state index in [9.17, 15) is 9.59 Å². The standard InChI is InChI=1S/C18H34N4O2.ClH/c1-18(2,3)15(19)16(23)22-11-9-14(10-12-22)21-17(24)20-13-7-5-4-6-8-13;/h13-15H,4-12,19H2,1-3H3,(H2,20,21,24);1H/t15-;/m1./s1. The van der Waals surface area contributed by atoms with Crippen LogP contribution in [-0.2, 0) is 4.79 Å². The Morgan fingerprint density at radius 3 is 1.92 bits per heavy atom. The molecule has 0 bridgehead atoms. The van der Waals surface area contributed by atoms with Crippen molar-refractivity contribution in [1.29, 1.82) is 0 Å². The van der Waals surface area contributed by atoms with E-state index < -0.39 is 6.04 Å². The maximum atomic E-state index is 12.4. The molecule has 7 heteroatoms. The minimum atomic E-state index is -0.475. The summed E-state index contributed by atoms with van der Waals surface area (Å²) in [5, 5.41) is 6.15. The van der Waals surface area contributed by atoms with Crippen molar-refractivity contribution in [2.24, 2.45) is 11.1 Å². The molecule has 0 spiro atoms. The Balaban J connectivity index is 0.00000312. The van der Waals surface area contributed by atoms with Gasteiger partial charge in [0, 0.05) is 25.2 Å². The number of carbonyl (C=O) groups is 2. The van der Waals surface area contributed by atoms with E-state index in [0.29, 0.717) is 19.1 Å². The molecule has 25 heavy (non-hydrogen) atoms. The van der Waals surface area contributed by atoms with Gasteiger partial charge in [0.05, 0.1) is 6.04 Å². The van der Waals surface area contributed by atoms with E-state index in [1.54, 1.807) is 0 Å². The van der Waals surface area contributed by atoms with Gasteiger partial charge < -0.3 is 21.3 Å². The zero-order valence-corrected chi connectivity index (χ0v) is 16.7. The predicted molar refractivity (Wildman–Crippen MR) is 103 cm³/mol. The van der Waals surface area contributed by atoms with Crippen LogP contribution in [0.1, 0.15) is 65.7 Å². The van der Waals surface area contributed by atoms with Crippen molar-refractivity contribution in [2.45, 2.75) is 83.8 Å². The van der Waals surface area contributed by atoms with E-state index in [1.807, 2.05) is 25.7 Å². The Kier molecular flexibility index (Phi) is 8.48. The molecule has 1 saturated heterocycles. The summed E-state index contributed by atoms with van der Waals surface area (Å²) in [5.74, 6) is 0.0209. The Morgan fingerprint density at radius 1 is 0.960 bits per heavy atom. The van der Waals surface area contributed by atoms with Gasteiger partial charge in [-0.1, -0.05) is 40.0 Å². The van der Waals surface area contributed by atoms with Gasteiger partial charge in [0.1, 0.15) is 0 Å². The molecular formula is C18H35ClN4O2. The van der Waals surface area contributed by atoms with Crippen molar-refractivity contribution in [1.82, 2.24) is 15.5 Å². The number of likely N-dealkylation sites (tertiary alicyclic amines) is 1. The number of hydrogen-bond acceptors (Lipinski definition) is 3. The smallest absolute Gasteiger partial charge is 0.315 e. The fourth-order valence-corrected chi connectivity index (χ4v) is 3.47. The SMILES string of the molecule is CC(C)(C)[C@H](N)C(=O)N1CCC(NC(=O)NC2CCCCC2)CC1.Cl. The number of amides is 3. The molecular weight excluding hydrogens is 340 g/mol. The highest BCUT2D eigenvalue weighted by Gasteiger charge is 2.33. The molecule has 0 radical (unpaired) electrons. The van der Waals surface area contributed by atoms with E-state index in [2.05, 4.69) is 10.6 Å². The molecule has 6 nitrogen and oxygen atoms in total. The highest BCUT2D eigenvalue weighted by atomic mass is 35.5. The van der Waals surface area contributed by atoms with Crippen LogP contribution in [0.3, 0.4) is 0 Å². The summed E-state index contributed by atoms with van der Waals surface area (Å²) in [5.41, 5.74) is 5.84. The lowest BCUT2D eigenvalue weighted by molar-refractivity contribution is -0.136. The Hall–Kier alpha value is -1.01. The van der Waals surface area contributed by atoms with Crippen molar-refractivity contribution >= 4 is 24.3 Å². The van der Waals surface area contributed by atoms with E-state index in [-0.39, 0.29) is 35.8 Å². The molecule has 2 aliphatic rings. The van der Waals surface area contributed by atoms with Crippen LogP contribution in [0.2, 0.25) is 0 Å². The Labute approximate surface area is 158 Å². The van der Waals surface area contributed by atoms with E-state index in [4.69, 9.17) is 5.73 Å². The molecule has 1 aliphatic carbocycles. The average Bonchev–Trinajstić information content (AvgIpc) is 2.54. The second-order valence-electron chi connectivity index (χ2n) is 8.40. The van der Waals surface area contributed by atoms with Crippen LogP contribution in [0.4, 0.5) is 4.79 Å². The lowest BCUT2D eigenvalue weighted by atomic mass is 9.86. The summed E-state index contributed by atoms with van der Waals surface area (Å²) >= 11 is 0. The zero-order valence-electron chi connectivity index (χ0n) is 15.8. The van der Waals surface area contributed by atoms with Gasteiger partial charge in [-0.2, -0.15) is 0 Å². The normalized spacial score (nSPS) is 21.2. The summed E-state index contributed by atoms with van der Waals surface area (Å²) in [6, 6.07) is -0.0663. The van der Waals surface area contributed by atoms with Crippen molar-refractivity contribution < 1.29 is 9.59 Å². The number of halogens is 1. The van der Waals surface area contributed by atoms with Gasteiger partial charge >= 0.3 is 6.03 Å². The summed E-state index contributed by atoms with van der Waals surface area (Å²) in [6.07, 6.45) is 7.46. The van der Waals surface area contributed by atoms with Gasteiger partial charge in [0.2, 0.25) is 5.91 Å². The summed E-state index contributed by atoms with van der Waals surface area (Å²) in [6.45, 7) is 7.28. The Bertz CT molecular complexity index is 439. The topological polar surface area (TPSA) is 87.5 Å². The minimum absolute atomic E-state index is 0. The Morgan fingerprint density at radius 2 is 1.44 bits per heavy atom. The second-order valence-corrected chi connectivity index (χ2v) is 8.40. The van der Waals surface area contributed by atoms with E-state index in [1.165, 1.54) is 19.3 Å². The van der Waals surface area contributed by atoms with Gasteiger partial charge in [-0.25, -0.2) is 4.79 Å². The van der Waals surface area contributed by atoms with Crippen molar-refractivity contribution in [2.75, 3.05) is 13.1 Å². The van der Waals surface area contributed by atoms with Crippen molar-refractivity contribution in [3.05, 3.63) is 0 Å². The first kappa shape index (κ1) is 22.0. The monoisotopic (exact) mass is 374 g/mol. The number of carbonyl (C=O) groups excluding carboxylic acids is 2. The van der Waals surface area contributed by atoms with Crippen LogP contribution in [0.25, 0.3) is 0 Å². The average molecular weight is 375 g/mol. The summed E-state index contributed by atoms with van der Waals surface area (Å²) in [7, 11) is 0. The fourth-order valence-electron chi connectivity index (χ4n) is 3.47. The molecule has 0 aromatic carbocycles. The van der Waals surface area contributed by atoms with Gasteiger partial charge in [-0.15, -0.1) is 12.4 Å². The second kappa shape index (κ2) is 9.62. The minimum Gasteiger partial charge on any atom is -0.341 e. The molecule has 3 amide bonds. The number of nitrogens with one attached hydrogen (secondary N) is 2. The first-order chi connectivity index (χ1) is 11.3. The van der Waals surface area contributed by atoms with Crippen LogP contribution in [0.5, 0.6) is 0 Å². The quantitative estimate of drug-likeness (QED) is 0.708. The van der Waals surface area contributed by atoms with Gasteiger partial charge in [-0.05, 0) is 31.1 Å². The molecule has 1 atom stereocenters. The fraction of sp³-hybridized carbons (Fsp3) is 0.889. The summed E-state index contributed by atoms with van der Waals surface area (Å²) in [4.78, 5) is 26.4. The molecule has 1 saturated carbocycles. The highest BCUT2D eigenvalue weighted by molar-refractivity contribution is 5.85. The lowest BCUT2D eigenvalue weighted by Crippen LogP contribution is -2.55. The van der Waals surface area contributed by atoms with Crippen LogP contribution in [-0.4, -0.2) is 48.1 Å². The van der Waals surface area contributed by atoms with E-state index >= 15 is 0 Å². The van der Waals surface area contributed by atoms with Gasteiger partial charge in [-0.3, -0.25) is 4.79 Å². The predicted octanol–water partition coefficient (Wildman–Crippen LogP) is 2.40. The third kappa shape index (κ3) is 6.66. The number of urea groups is 1. The molecule has 2 fully saturated rings. The maximum Gasteiger partial charge on any atom is 0.315 e. The molecule has 0 aromatic rings. The first-order valence-electron chi connectivity index (χ1n) is 9.39. The molecule has 0 aromatic heterocycles. The maximum absolute atomic E-state index is 12.4. The molecule has 4 N–H and O–H groups in total. The van der Waals surface area contributed by atoms with Gasteiger partial charge in [0.15, 0.2) is 0 Å². The number of rotatable bonds is 3. The van der Waals surface area contributed by atoms with Crippen molar-refractivity contribution in [3.63, 3.8) is 0 Å². The van der Waals surface area contributed by atoms with Crippen LogP contribution < -0.4 is 16.4 Å². The lowest BCUT2D eigenvalue weighted by Gasteiger charge is -2.37. The van der Waals surface area contributed by atoms with Crippen LogP contribution in [0.15, 0.2) is 0 Å². The molecule has 0 unspecified atom stereocenters. The molecule has 1 heterocycles. The third-order valence-electron chi connectivity index (χ3n) is 5.28. The molecule has 1 aliphatic heterocycles. The first-order valence-corrected chi connectivity index (χ1v) is 9.39. The molecule has 2 rings (SSSR count).